The third-order valence-electron chi connectivity index (χ3n) is 3.22. The number of amides is 2. The van der Waals surface area contributed by atoms with E-state index in [9.17, 15) is 9.59 Å². The largest absolute Gasteiger partial charge is 0.493 e. The van der Waals surface area contributed by atoms with E-state index in [1.165, 1.54) is 0 Å². The minimum absolute atomic E-state index is 0.111. The number of hydrogen-bond acceptors (Lipinski definition) is 3. The smallest absolute Gasteiger partial charge is 0.255 e. The summed E-state index contributed by atoms with van der Waals surface area (Å²) >= 11 is 5.89. The first-order valence-corrected chi connectivity index (χ1v) is 7.99. The van der Waals surface area contributed by atoms with Gasteiger partial charge in [0.2, 0.25) is 5.91 Å². The first kappa shape index (κ1) is 17.8. The Balaban J connectivity index is 1.84. The van der Waals surface area contributed by atoms with Gasteiger partial charge in [-0.15, -0.1) is 0 Å². The Morgan fingerprint density at radius 1 is 1.08 bits per heavy atom. The Morgan fingerprint density at radius 3 is 2.62 bits per heavy atom. The lowest BCUT2D eigenvalue weighted by atomic mass is 10.2. The van der Waals surface area contributed by atoms with Crippen LogP contribution in [0.5, 0.6) is 5.75 Å². The van der Waals surface area contributed by atoms with Crippen LogP contribution in [0, 0.1) is 0 Å². The van der Waals surface area contributed by atoms with E-state index in [2.05, 4.69) is 10.6 Å². The van der Waals surface area contributed by atoms with Gasteiger partial charge in [0.1, 0.15) is 5.75 Å². The van der Waals surface area contributed by atoms with Crippen LogP contribution >= 0.6 is 11.6 Å². The van der Waals surface area contributed by atoms with E-state index in [0.717, 1.165) is 5.56 Å². The van der Waals surface area contributed by atoms with Crippen molar-refractivity contribution in [1.29, 1.82) is 0 Å². The fourth-order valence-corrected chi connectivity index (χ4v) is 2.31. The quantitative estimate of drug-likeness (QED) is 0.810. The van der Waals surface area contributed by atoms with E-state index in [1.54, 1.807) is 36.4 Å². The van der Waals surface area contributed by atoms with Crippen molar-refractivity contribution in [3.05, 3.63) is 64.7 Å². The first-order valence-electron chi connectivity index (χ1n) is 7.61. The highest BCUT2D eigenvalue weighted by Gasteiger charge is 2.12. The Hall–Kier alpha value is -2.53. The maximum Gasteiger partial charge on any atom is 0.255 e. The van der Waals surface area contributed by atoms with Gasteiger partial charge >= 0.3 is 0 Å². The minimum atomic E-state index is -0.350. The van der Waals surface area contributed by atoms with E-state index in [-0.39, 0.29) is 18.4 Å². The van der Waals surface area contributed by atoms with Crippen LogP contribution in [0.1, 0.15) is 22.8 Å². The molecular formula is C18H19ClN2O3. The molecule has 0 bridgehead atoms. The molecule has 6 heteroatoms. The number of carbonyl (C=O) groups excluding carboxylic acids is 2. The van der Waals surface area contributed by atoms with Crippen LogP contribution in [0.15, 0.2) is 48.5 Å². The van der Waals surface area contributed by atoms with Crippen molar-refractivity contribution in [2.75, 3.05) is 13.2 Å². The number of ether oxygens (including phenoxy) is 1. The highest BCUT2D eigenvalue weighted by Crippen LogP contribution is 2.17. The molecule has 0 aromatic heterocycles. The number of hydrogen-bond donors (Lipinski definition) is 2. The molecule has 0 saturated heterocycles. The first-order chi connectivity index (χ1) is 11.6. The van der Waals surface area contributed by atoms with Crippen LogP contribution < -0.4 is 15.4 Å². The van der Waals surface area contributed by atoms with Crippen LogP contribution in [0.3, 0.4) is 0 Å². The van der Waals surface area contributed by atoms with Gasteiger partial charge in [-0.25, -0.2) is 0 Å². The predicted molar refractivity (Wildman–Crippen MR) is 93.2 cm³/mol. The Labute approximate surface area is 146 Å². The lowest BCUT2D eigenvalue weighted by molar-refractivity contribution is -0.120. The number of rotatable bonds is 7. The molecule has 2 aromatic carbocycles. The van der Waals surface area contributed by atoms with Gasteiger partial charge in [-0.3, -0.25) is 9.59 Å². The highest BCUT2D eigenvalue weighted by atomic mass is 35.5. The van der Waals surface area contributed by atoms with E-state index < -0.39 is 0 Å². The molecule has 2 N–H and O–H groups in total. The van der Waals surface area contributed by atoms with Crippen LogP contribution in [0.2, 0.25) is 5.02 Å². The maximum absolute atomic E-state index is 12.2. The Bertz CT molecular complexity index is 719. The van der Waals surface area contributed by atoms with E-state index >= 15 is 0 Å². The Kier molecular flexibility index (Phi) is 6.63. The van der Waals surface area contributed by atoms with E-state index in [1.807, 2.05) is 19.1 Å². The van der Waals surface area contributed by atoms with Gasteiger partial charge in [-0.05, 0) is 36.8 Å². The molecule has 24 heavy (non-hydrogen) atoms. The summed E-state index contributed by atoms with van der Waals surface area (Å²) in [5, 5.41) is 5.93. The monoisotopic (exact) mass is 346 g/mol. The van der Waals surface area contributed by atoms with Crippen molar-refractivity contribution < 1.29 is 14.3 Å². The molecule has 0 saturated carbocycles. The topological polar surface area (TPSA) is 67.4 Å². The highest BCUT2D eigenvalue weighted by molar-refractivity contribution is 6.30. The number of halogens is 1. The summed E-state index contributed by atoms with van der Waals surface area (Å²) < 4.78 is 5.41. The average molecular weight is 347 g/mol. The molecule has 0 atom stereocenters. The lowest BCUT2D eigenvalue weighted by Crippen LogP contribution is -2.36. The van der Waals surface area contributed by atoms with Crippen molar-refractivity contribution in [3.63, 3.8) is 0 Å². The fourth-order valence-electron chi connectivity index (χ4n) is 2.10. The van der Waals surface area contributed by atoms with Gasteiger partial charge in [-0.2, -0.15) is 0 Å². The molecule has 2 aromatic rings. The second-order valence-corrected chi connectivity index (χ2v) is 5.45. The van der Waals surface area contributed by atoms with Gasteiger partial charge in [0.15, 0.2) is 0 Å². The second-order valence-electron chi connectivity index (χ2n) is 5.02. The van der Waals surface area contributed by atoms with Crippen molar-refractivity contribution in [3.8, 4) is 5.75 Å². The number of carbonyl (C=O) groups is 2. The molecular weight excluding hydrogens is 328 g/mol. The van der Waals surface area contributed by atoms with Crippen molar-refractivity contribution in [2.45, 2.75) is 13.5 Å². The van der Waals surface area contributed by atoms with Crippen LogP contribution in [-0.2, 0) is 11.3 Å². The molecule has 2 amide bonds. The molecule has 0 heterocycles. The normalized spacial score (nSPS) is 10.1. The third-order valence-corrected chi connectivity index (χ3v) is 3.45. The summed E-state index contributed by atoms with van der Waals surface area (Å²) in [6.45, 7) is 2.55. The number of nitrogens with one attached hydrogen (secondary N) is 2. The summed E-state index contributed by atoms with van der Waals surface area (Å²) in [6.07, 6.45) is 0. The fraction of sp³-hybridized carbons (Fsp3) is 0.222. The summed E-state index contributed by atoms with van der Waals surface area (Å²) in [7, 11) is 0. The molecule has 0 unspecified atom stereocenters. The van der Waals surface area contributed by atoms with E-state index in [0.29, 0.717) is 29.5 Å². The predicted octanol–water partition coefficient (Wildman–Crippen LogP) is 2.78. The molecule has 0 aliphatic rings. The zero-order valence-corrected chi connectivity index (χ0v) is 14.1. The van der Waals surface area contributed by atoms with Gasteiger partial charge in [0.25, 0.3) is 5.91 Å². The summed E-state index contributed by atoms with van der Waals surface area (Å²) in [6, 6.07) is 14.1. The second kappa shape index (κ2) is 8.93. The summed E-state index contributed by atoms with van der Waals surface area (Å²) in [5.74, 6) is -0.133. The number of para-hydroxylation sites is 1. The van der Waals surface area contributed by atoms with Gasteiger partial charge in [0.05, 0.1) is 18.7 Å². The Morgan fingerprint density at radius 2 is 1.88 bits per heavy atom. The maximum atomic E-state index is 12.2. The van der Waals surface area contributed by atoms with Gasteiger partial charge < -0.3 is 15.4 Å². The van der Waals surface area contributed by atoms with Gasteiger partial charge in [-0.1, -0.05) is 35.9 Å². The van der Waals surface area contributed by atoms with Crippen LogP contribution in [-0.4, -0.2) is 25.0 Å². The van der Waals surface area contributed by atoms with Crippen molar-refractivity contribution in [1.82, 2.24) is 10.6 Å². The molecule has 0 aliphatic carbocycles. The standard InChI is InChI=1S/C18H19ClN2O3/c1-2-24-16-9-4-3-8-15(16)18(23)21-12-17(22)20-11-13-6-5-7-14(19)10-13/h3-10H,2,11-12H2,1H3,(H,20,22)(H,21,23). The zero-order chi connectivity index (χ0) is 17.4. The summed E-state index contributed by atoms with van der Waals surface area (Å²) in [4.78, 5) is 24.0. The molecule has 0 aliphatic heterocycles. The van der Waals surface area contributed by atoms with Gasteiger partial charge in [0, 0.05) is 11.6 Å². The molecule has 0 radical (unpaired) electrons. The molecule has 0 fully saturated rings. The minimum Gasteiger partial charge on any atom is -0.493 e. The van der Waals surface area contributed by atoms with Crippen LogP contribution in [0.4, 0.5) is 0 Å². The summed E-state index contributed by atoms with van der Waals surface area (Å²) in [5.41, 5.74) is 1.30. The number of benzene rings is 2. The van der Waals surface area contributed by atoms with Crippen molar-refractivity contribution in [2.24, 2.45) is 0 Å². The molecule has 0 spiro atoms. The molecule has 5 nitrogen and oxygen atoms in total. The lowest BCUT2D eigenvalue weighted by Gasteiger charge is -2.10. The average Bonchev–Trinajstić information content (AvgIpc) is 2.59. The SMILES string of the molecule is CCOc1ccccc1C(=O)NCC(=O)NCc1cccc(Cl)c1. The zero-order valence-electron chi connectivity index (χ0n) is 13.3. The van der Waals surface area contributed by atoms with E-state index in [4.69, 9.17) is 16.3 Å². The van der Waals surface area contributed by atoms with Crippen molar-refractivity contribution >= 4 is 23.4 Å². The molecule has 2 rings (SSSR count). The third kappa shape index (κ3) is 5.28. The molecule has 126 valence electrons. The van der Waals surface area contributed by atoms with Crippen LogP contribution in [0.25, 0.3) is 0 Å².